The van der Waals surface area contributed by atoms with Gasteiger partial charge in [-0.2, -0.15) is 13.2 Å². The summed E-state index contributed by atoms with van der Waals surface area (Å²) in [7, 11) is 1.26. The first-order valence-electron chi connectivity index (χ1n) is 4.94. The fourth-order valence-electron chi connectivity index (χ4n) is 1.31. The molecule has 4 nitrogen and oxygen atoms in total. The van der Waals surface area contributed by atoms with Crippen molar-refractivity contribution in [3.63, 3.8) is 0 Å². The zero-order valence-electron chi connectivity index (χ0n) is 9.75. The van der Waals surface area contributed by atoms with Crippen molar-refractivity contribution in [2.75, 3.05) is 7.11 Å². The molecule has 0 radical (unpaired) electrons. The number of methoxy groups -OCH3 is 1. The van der Waals surface area contributed by atoms with Gasteiger partial charge in [-0.3, -0.25) is 4.79 Å². The minimum Gasteiger partial charge on any atom is -0.493 e. The molecule has 0 bridgehead atoms. The fourth-order valence-corrected chi connectivity index (χ4v) is 1.31. The van der Waals surface area contributed by atoms with Gasteiger partial charge >= 0.3 is 12.1 Å². The first-order valence-corrected chi connectivity index (χ1v) is 4.94. The first-order chi connectivity index (χ1) is 8.25. The molecule has 7 heteroatoms. The maximum atomic E-state index is 12.4. The van der Waals surface area contributed by atoms with Crippen molar-refractivity contribution in [3.8, 4) is 11.5 Å². The van der Waals surface area contributed by atoms with Gasteiger partial charge in [0.15, 0.2) is 11.5 Å². The molecule has 0 aromatic heterocycles. The van der Waals surface area contributed by atoms with Crippen LogP contribution in [0.3, 0.4) is 0 Å². The summed E-state index contributed by atoms with van der Waals surface area (Å²) in [6, 6.07) is 1.33. The van der Waals surface area contributed by atoms with E-state index in [4.69, 9.17) is 15.2 Å². The molecule has 0 aliphatic carbocycles. The van der Waals surface area contributed by atoms with Crippen LogP contribution in [-0.4, -0.2) is 19.3 Å². The molecule has 0 aliphatic heterocycles. The van der Waals surface area contributed by atoms with Crippen molar-refractivity contribution >= 4 is 5.97 Å². The minimum atomic E-state index is -4.55. The van der Waals surface area contributed by atoms with Crippen molar-refractivity contribution < 1.29 is 27.4 Å². The smallest absolute Gasteiger partial charge is 0.407 e. The van der Waals surface area contributed by atoms with Gasteiger partial charge in [0.1, 0.15) is 6.04 Å². The third kappa shape index (κ3) is 3.36. The molecule has 100 valence electrons. The van der Waals surface area contributed by atoms with Gasteiger partial charge in [-0.1, -0.05) is 6.07 Å². The normalized spacial score (nSPS) is 13.0. The van der Waals surface area contributed by atoms with Gasteiger partial charge in [0.2, 0.25) is 0 Å². The second-order valence-corrected chi connectivity index (χ2v) is 3.52. The Bertz CT molecular complexity index is 446. The molecular weight excluding hydrogens is 251 g/mol. The largest absolute Gasteiger partial charge is 0.493 e. The third-order valence-electron chi connectivity index (χ3n) is 2.15. The summed E-state index contributed by atoms with van der Waals surface area (Å²) in [5.74, 6) is -0.535. The van der Waals surface area contributed by atoms with Crippen molar-refractivity contribution in [2.45, 2.75) is 19.1 Å². The van der Waals surface area contributed by atoms with Gasteiger partial charge in [0.25, 0.3) is 0 Å². The Balaban J connectivity index is 3.09. The molecule has 0 unspecified atom stereocenters. The number of hydrogen-bond acceptors (Lipinski definition) is 4. The molecule has 0 fully saturated rings. The van der Waals surface area contributed by atoms with Crippen molar-refractivity contribution in [3.05, 3.63) is 23.8 Å². The van der Waals surface area contributed by atoms with E-state index in [1.807, 2.05) is 0 Å². The first kappa shape index (κ1) is 14.3. The number of esters is 1. The second-order valence-electron chi connectivity index (χ2n) is 3.52. The van der Waals surface area contributed by atoms with Crippen molar-refractivity contribution in [1.29, 1.82) is 0 Å². The van der Waals surface area contributed by atoms with E-state index in [2.05, 4.69) is 0 Å². The zero-order chi connectivity index (χ0) is 13.9. The number of rotatable bonds is 3. The molecule has 2 N–H and O–H groups in total. The lowest BCUT2D eigenvalue weighted by molar-refractivity contribution is -0.149. The topological polar surface area (TPSA) is 61.6 Å². The lowest BCUT2D eigenvalue weighted by Gasteiger charge is -2.17. The van der Waals surface area contributed by atoms with E-state index in [1.165, 1.54) is 20.1 Å². The van der Waals surface area contributed by atoms with Gasteiger partial charge in [-0.25, -0.2) is 0 Å². The summed E-state index contributed by atoms with van der Waals surface area (Å²) in [6.07, 6.45) is -4.55. The summed E-state index contributed by atoms with van der Waals surface area (Å²) in [5, 5.41) is 0. The molecule has 0 aliphatic rings. The predicted octanol–water partition coefficient (Wildman–Crippen LogP) is 2.18. The zero-order valence-corrected chi connectivity index (χ0v) is 9.75. The minimum absolute atomic E-state index is 0.0161. The number of carbonyl (C=O) groups excluding carboxylic acids is 1. The van der Waals surface area contributed by atoms with Crippen molar-refractivity contribution in [1.82, 2.24) is 0 Å². The molecule has 0 spiro atoms. The monoisotopic (exact) mass is 263 g/mol. The lowest BCUT2D eigenvalue weighted by atomic mass is 10.1. The average Bonchev–Trinajstić information content (AvgIpc) is 2.26. The predicted molar refractivity (Wildman–Crippen MR) is 57.3 cm³/mol. The Morgan fingerprint density at radius 1 is 1.33 bits per heavy atom. The van der Waals surface area contributed by atoms with Gasteiger partial charge in [-0.15, -0.1) is 0 Å². The molecule has 0 saturated heterocycles. The van der Waals surface area contributed by atoms with Gasteiger partial charge in [0, 0.05) is 6.92 Å². The molecule has 1 atom stereocenters. The van der Waals surface area contributed by atoms with Crippen LogP contribution in [0.2, 0.25) is 0 Å². The maximum absolute atomic E-state index is 12.4. The van der Waals surface area contributed by atoms with Crippen LogP contribution in [0.4, 0.5) is 13.2 Å². The quantitative estimate of drug-likeness (QED) is 0.670. The summed E-state index contributed by atoms with van der Waals surface area (Å²) in [4.78, 5) is 10.8. The molecule has 1 aromatic carbocycles. The van der Waals surface area contributed by atoms with Crippen LogP contribution >= 0.6 is 0 Å². The highest BCUT2D eigenvalue weighted by molar-refractivity contribution is 5.70. The number of nitrogens with two attached hydrogens (primary N) is 1. The van der Waals surface area contributed by atoms with E-state index >= 15 is 0 Å². The number of ether oxygens (including phenoxy) is 2. The van der Waals surface area contributed by atoms with Gasteiger partial charge < -0.3 is 15.2 Å². The van der Waals surface area contributed by atoms with Crippen LogP contribution in [0.25, 0.3) is 0 Å². The fraction of sp³-hybridized carbons (Fsp3) is 0.364. The third-order valence-corrected chi connectivity index (χ3v) is 2.15. The number of benzene rings is 1. The average molecular weight is 263 g/mol. The highest BCUT2D eigenvalue weighted by atomic mass is 19.4. The Morgan fingerprint density at radius 2 is 1.94 bits per heavy atom. The van der Waals surface area contributed by atoms with Gasteiger partial charge in [0.05, 0.1) is 7.11 Å². The lowest BCUT2D eigenvalue weighted by Crippen LogP contribution is -2.28. The molecule has 1 rings (SSSR count). The van der Waals surface area contributed by atoms with Crippen LogP contribution in [0.1, 0.15) is 18.5 Å². The SMILES string of the molecule is COc1cc([C@@H](N)C(F)(F)F)ccc1OC(C)=O. The maximum Gasteiger partial charge on any atom is 0.407 e. The molecule has 0 saturated carbocycles. The van der Waals surface area contributed by atoms with E-state index in [1.54, 1.807) is 0 Å². The molecular formula is C11H12F3NO3. The highest BCUT2D eigenvalue weighted by Gasteiger charge is 2.38. The van der Waals surface area contributed by atoms with Crippen LogP contribution in [0, 0.1) is 0 Å². The molecule has 1 aromatic rings. The van der Waals surface area contributed by atoms with Crippen molar-refractivity contribution in [2.24, 2.45) is 5.73 Å². The van der Waals surface area contributed by atoms with Crippen LogP contribution in [0.15, 0.2) is 18.2 Å². The number of alkyl halides is 3. The van der Waals surface area contributed by atoms with Gasteiger partial charge in [-0.05, 0) is 17.7 Å². The highest BCUT2D eigenvalue weighted by Crippen LogP contribution is 2.35. The summed E-state index contributed by atoms with van der Waals surface area (Å²) in [5.41, 5.74) is 4.89. The van der Waals surface area contributed by atoms with Crippen LogP contribution in [-0.2, 0) is 4.79 Å². The Hall–Kier alpha value is -1.76. The van der Waals surface area contributed by atoms with Crippen LogP contribution in [0.5, 0.6) is 11.5 Å². The summed E-state index contributed by atoms with van der Waals surface area (Å²) in [6.45, 7) is 1.18. The van der Waals surface area contributed by atoms with E-state index in [0.29, 0.717) is 0 Å². The summed E-state index contributed by atoms with van der Waals surface area (Å²) < 4.78 is 46.9. The number of carbonyl (C=O) groups is 1. The Kier molecular flexibility index (Phi) is 4.18. The van der Waals surface area contributed by atoms with E-state index in [9.17, 15) is 18.0 Å². The van der Waals surface area contributed by atoms with E-state index in [0.717, 1.165) is 12.1 Å². The molecule has 0 heterocycles. The number of hydrogen-bond donors (Lipinski definition) is 1. The standard InChI is InChI=1S/C11H12F3NO3/c1-6(16)18-8-4-3-7(5-9(8)17-2)10(15)11(12,13)14/h3-5,10H,15H2,1-2H3/t10-/m1/s1. The summed E-state index contributed by atoms with van der Waals surface area (Å²) >= 11 is 0. The van der Waals surface area contributed by atoms with E-state index < -0.39 is 18.2 Å². The second kappa shape index (κ2) is 5.26. The molecule has 18 heavy (non-hydrogen) atoms. The van der Waals surface area contributed by atoms with Crippen LogP contribution < -0.4 is 15.2 Å². The Morgan fingerprint density at radius 3 is 2.39 bits per heavy atom. The number of halogens is 3. The molecule has 0 amide bonds. The Labute approximate surface area is 101 Å². The van der Waals surface area contributed by atoms with E-state index in [-0.39, 0.29) is 17.1 Å².